The minimum absolute atomic E-state index is 0.0336. The minimum atomic E-state index is 0.0336. The predicted octanol–water partition coefficient (Wildman–Crippen LogP) is 2.41. The van der Waals surface area contributed by atoms with Gasteiger partial charge < -0.3 is 4.42 Å². The normalized spacial score (nSPS) is 11.1. The summed E-state index contributed by atoms with van der Waals surface area (Å²) in [4.78, 5) is 16.3. The largest absolute Gasteiger partial charge is 0.449 e. The van der Waals surface area contributed by atoms with Crippen LogP contribution in [0.5, 0.6) is 0 Å². The first-order valence-corrected chi connectivity index (χ1v) is 6.01. The van der Waals surface area contributed by atoms with Gasteiger partial charge in [0.2, 0.25) is 0 Å². The summed E-state index contributed by atoms with van der Waals surface area (Å²) >= 11 is 1.45. The summed E-state index contributed by atoms with van der Waals surface area (Å²) in [6.45, 7) is 2.26. The van der Waals surface area contributed by atoms with Crippen molar-refractivity contribution in [1.29, 1.82) is 0 Å². The SMILES string of the molecule is Cc1nc(Cn2sc3ccccc3c2=O)co1. The van der Waals surface area contributed by atoms with Crippen molar-refractivity contribution in [2.75, 3.05) is 0 Å². The fraction of sp³-hybridized carbons (Fsp3) is 0.167. The first-order valence-electron chi connectivity index (χ1n) is 5.24. The molecule has 3 aromatic rings. The minimum Gasteiger partial charge on any atom is -0.449 e. The number of aryl methyl sites for hydroxylation is 1. The quantitative estimate of drug-likeness (QED) is 0.697. The third kappa shape index (κ3) is 1.78. The van der Waals surface area contributed by atoms with E-state index in [0.29, 0.717) is 12.4 Å². The maximum atomic E-state index is 12.1. The third-order valence-electron chi connectivity index (χ3n) is 2.52. The monoisotopic (exact) mass is 246 g/mol. The van der Waals surface area contributed by atoms with Crippen LogP contribution in [-0.2, 0) is 6.54 Å². The Morgan fingerprint density at radius 1 is 1.41 bits per heavy atom. The van der Waals surface area contributed by atoms with Crippen molar-refractivity contribution in [3.8, 4) is 0 Å². The first-order chi connectivity index (χ1) is 8.24. The second-order valence-corrected chi connectivity index (χ2v) is 4.85. The topological polar surface area (TPSA) is 48.0 Å². The average molecular weight is 246 g/mol. The second-order valence-electron chi connectivity index (χ2n) is 3.79. The third-order valence-corrected chi connectivity index (χ3v) is 3.59. The maximum absolute atomic E-state index is 12.1. The number of oxazole rings is 1. The molecule has 0 aliphatic carbocycles. The van der Waals surface area contributed by atoms with Crippen LogP contribution < -0.4 is 5.56 Å². The van der Waals surface area contributed by atoms with E-state index in [1.165, 1.54) is 11.5 Å². The number of aromatic nitrogens is 2. The highest BCUT2D eigenvalue weighted by atomic mass is 32.1. The molecule has 0 spiro atoms. The highest BCUT2D eigenvalue weighted by Crippen LogP contribution is 2.16. The standard InChI is InChI=1S/C12H10N2O2S/c1-8-13-9(7-16-8)6-14-12(15)10-4-2-3-5-11(10)17-14/h2-5,7H,6H2,1H3. The zero-order valence-electron chi connectivity index (χ0n) is 9.21. The van der Waals surface area contributed by atoms with Gasteiger partial charge in [0.1, 0.15) is 12.0 Å². The van der Waals surface area contributed by atoms with Gasteiger partial charge in [-0.25, -0.2) is 4.98 Å². The Kier molecular flexibility index (Phi) is 2.33. The molecule has 0 amide bonds. The molecule has 5 heteroatoms. The summed E-state index contributed by atoms with van der Waals surface area (Å²) in [5, 5.41) is 0.762. The van der Waals surface area contributed by atoms with Gasteiger partial charge >= 0.3 is 0 Å². The molecule has 17 heavy (non-hydrogen) atoms. The van der Waals surface area contributed by atoms with Crippen LogP contribution >= 0.6 is 11.5 Å². The molecule has 0 aliphatic heterocycles. The van der Waals surface area contributed by atoms with Gasteiger partial charge in [-0.3, -0.25) is 8.75 Å². The van der Waals surface area contributed by atoms with Gasteiger partial charge in [0, 0.05) is 6.92 Å². The van der Waals surface area contributed by atoms with Crippen LogP contribution in [0, 0.1) is 6.92 Å². The van der Waals surface area contributed by atoms with Crippen molar-refractivity contribution in [3.05, 3.63) is 52.5 Å². The van der Waals surface area contributed by atoms with Crippen LogP contribution in [0.3, 0.4) is 0 Å². The Hall–Kier alpha value is -1.88. The highest BCUT2D eigenvalue weighted by Gasteiger charge is 2.08. The lowest BCUT2D eigenvalue weighted by atomic mass is 10.3. The summed E-state index contributed by atoms with van der Waals surface area (Å²) in [6, 6.07) is 7.61. The summed E-state index contributed by atoms with van der Waals surface area (Å²) in [5.74, 6) is 0.620. The van der Waals surface area contributed by atoms with Gasteiger partial charge in [-0.05, 0) is 12.1 Å². The molecule has 0 radical (unpaired) electrons. The molecule has 86 valence electrons. The highest BCUT2D eigenvalue weighted by molar-refractivity contribution is 7.13. The summed E-state index contributed by atoms with van der Waals surface area (Å²) in [5.41, 5.74) is 0.808. The van der Waals surface area contributed by atoms with E-state index >= 15 is 0 Å². The Morgan fingerprint density at radius 2 is 2.24 bits per heavy atom. The van der Waals surface area contributed by atoms with Gasteiger partial charge in [0.05, 0.1) is 16.6 Å². The van der Waals surface area contributed by atoms with Crippen LogP contribution in [-0.4, -0.2) is 8.94 Å². The van der Waals surface area contributed by atoms with Crippen molar-refractivity contribution >= 4 is 21.6 Å². The summed E-state index contributed by atoms with van der Waals surface area (Å²) < 4.78 is 7.82. The Balaban J connectivity index is 2.06. The lowest BCUT2D eigenvalue weighted by Crippen LogP contribution is -2.13. The molecule has 0 atom stereocenters. The van der Waals surface area contributed by atoms with Gasteiger partial charge in [-0.15, -0.1) is 0 Å². The summed E-state index contributed by atoms with van der Waals surface area (Å²) in [7, 11) is 0. The first kappa shape index (κ1) is 10.3. The molecule has 1 aromatic carbocycles. The number of hydrogen-bond donors (Lipinski definition) is 0. The molecule has 2 aromatic heterocycles. The van der Waals surface area contributed by atoms with E-state index in [0.717, 1.165) is 15.8 Å². The molecule has 0 saturated carbocycles. The number of nitrogens with zero attached hydrogens (tertiary/aromatic N) is 2. The smallest absolute Gasteiger partial charge is 0.268 e. The van der Waals surface area contributed by atoms with E-state index in [9.17, 15) is 4.79 Å². The molecule has 0 saturated heterocycles. The second kappa shape index (κ2) is 3.85. The van der Waals surface area contributed by atoms with E-state index in [1.807, 2.05) is 24.3 Å². The lowest BCUT2D eigenvalue weighted by molar-refractivity contribution is 0.520. The number of fused-ring (bicyclic) bond motifs is 1. The summed E-state index contributed by atoms with van der Waals surface area (Å²) in [6.07, 6.45) is 1.59. The Labute approximate surface area is 101 Å². The van der Waals surface area contributed by atoms with E-state index in [2.05, 4.69) is 4.98 Å². The molecule has 0 N–H and O–H groups in total. The molecule has 0 aliphatic rings. The van der Waals surface area contributed by atoms with Gasteiger partial charge in [0.15, 0.2) is 5.89 Å². The average Bonchev–Trinajstić information content (AvgIpc) is 2.86. The van der Waals surface area contributed by atoms with Gasteiger partial charge in [-0.1, -0.05) is 23.7 Å². The van der Waals surface area contributed by atoms with Crippen LogP contribution in [0.4, 0.5) is 0 Å². The van der Waals surface area contributed by atoms with Gasteiger partial charge in [0.25, 0.3) is 5.56 Å². The van der Waals surface area contributed by atoms with E-state index in [4.69, 9.17) is 4.42 Å². The number of hydrogen-bond acceptors (Lipinski definition) is 4. The van der Waals surface area contributed by atoms with Crippen LogP contribution in [0.25, 0.3) is 10.1 Å². The zero-order valence-corrected chi connectivity index (χ0v) is 10.0. The van der Waals surface area contributed by atoms with Crippen molar-refractivity contribution in [3.63, 3.8) is 0 Å². The van der Waals surface area contributed by atoms with Crippen molar-refractivity contribution in [2.45, 2.75) is 13.5 Å². The van der Waals surface area contributed by atoms with E-state index < -0.39 is 0 Å². The maximum Gasteiger partial charge on any atom is 0.268 e. The fourth-order valence-electron chi connectivity index (χ4n) is 1.75. The molecule has 0 bridgehead atoms. The molecular weight excluding hydrogens is 236 g/mol. The molecule has 4 nitrogen and oxygen atoms in total. The Morgan fingerprint density at radius 3 is 2.94 bits per heavy atom. The van der Waals surface area contributed by atoms with Crippen LogP contribution in [0.2, 0.25) is 0 Å². The zero-order chi connectivity index (χ0) is 11.8. The molecule has 0 fully saturated rings. The Bertz CT molecular complexity index is 723. The predicted molar refractivity (Wildman–Crippen MR) is 66.4 cm³/mol. The molecule has 0 unspecified atom stereocenters. The van der Waals surface area contributed by atoms with Crippen molar-refractivity contribution in [2.24, 2.45) is 0 Å². The van der Waals surface area contributed by atoms with Crippen LogP contribution in [0.1, 0.15) is 11.6 Å². The fourth-order valence-corrected chi connectivity index (χ4v) is 2.76. The van der Waals surface area contributed by atoms with Crippen molar-refractivity contribution < 1.29 is 4.42 Å². The molecule has 3 rings (SSSR count). The van der Waals surface area contributed by atoms with Crippen LogP contribution in [0.15, 0.2) is 39.7 Å². The molecular formula is C12H10N2O2S. The van der Waals surface area contributed by atoms with Gasteiger partial charge in [-0.2, -0.15) is 0 Å². The van der Waals surface area contributed by atoms with Crippen molar-refractivity contribution in [1.82, 2.24) is 8.94 Å². The van der Waals surface area contributed by atoms with E-state index in [1.54, 1.807) is 17.1 Å². The van der Waals surface area contributed by atoms with E-state index in [-0.39, 0.29) is 5.56 Å². The number of benzene rings is 1. The lowest BCUT2D eigenvalue weighted by Gasteiger charge is -1.93. The molecule has 2 heterocycles. The number of rotatable bonds is 2.